The van der Waals surface area contributed by atoms with Gasteiger partial charge in [0.05, 0.1) is 19.9 Å². The fourth-order valence-electron chi connectivity index (χ4n) is 4.53. The van der Waals surface area contributed by atoms with Gasteiger partial charge >= 0.3 is 6.18 Å². The van der Waals surface area contributed by atoms with Crippen molar-refractivity contribution in [2.75, 3.05) is 27.3 Å². The number of ether oxygens (including phenoxy) is 2. The summed E-state index contributed by atoms with van der Waals surface area (Å²) in [6.07, 6.45) is -2.37. The van der Waals surface area contributed by atoms with Crippen LogP contribution in [0.15, 0.2) is 30.3 Å². The Balaban J connectivity index is 1.50. The van der Waals surface area contributed by atoms with Crippen molar-refractivity contribution in [2.24, 2.45) is 0 Å². The van der Waals surface area contributed by atoms with Gasteiger partial charge in [-0.1, -0.05) is 13.0 Å². The Hall–Kier alpha value is -2.81. The van der Waals surface area contributed by atoms with Crippen molar-refractivity contribution in [2.45, 2.75) is 51.2 Å². The van der Waals surface area contributed by atoms with E-state index < -0.39 is 11.9 Å². The van der Waals surface area contributed by atoms with Crippen molar-refractivity contribution in [3.63, 3.8) is 0 Å². The molecule has 0 amide bonds. The van der Waals surface area contributed by atoms with Crippen LogP contribution in [0.3, 0.4) is 0 Å². The van der Waals surface area contributed by atoms with E-state index in [1.54, 1.807) is 27.2 Å². The number of rotatable bonds is 7. The van der Waals surface area contributed by atoms with Crippen molar-refractivity contribution in [3.8, 4) is 11.5 Å². The molecule has 2 atom stereocenters. The number of nitrogens with zero attached hydrogens (tertiary/aromatic N) is 4. The number of hydrogen-bond donors (Lipinski definition) is 0. The van der Waals surface area contributed by atoms with Crippen LogP contribution in [0.25, 0.3) is 5.65 Å². The van der Waals surface area contributed by atoms with E-state index in [1.807, 2.05) is 18.2 Å². The van der Waals surface area contributed by atoms with E-state index in [4.69, 9.17) is 9.47 Å². The maximum atomic E-state index is 13.6. The first-order valence-electron chi connectivity index (χ1n) is 11.1. The summed E-state index contributed by atoms with van der Waals surface area (Å²) < 4.78 is 52.4. The fourth-order valence-corrected chi connectivity index (χ4v) is 4.53. The van der Waals surface area contributed by atoms with Gasteiger partial charge in [0.2, 0.25) is 0 Å². The van der Waals surface area contributed by atoms with Gasteiger partial charge in [0.25, 0.3) is 0 Å². The Morgan fingerprint density at radius 1 is 1.12 bits per heavy atom. The van der Waals surface area contributed by atoms with Crippen LogP contribution in [0.5, 0.6) is 11.5 Å². The third-order valence-corrected chi connectivity index (χ3v) is 6.39. The van der Waals surface area contributed by atoms with E-state index in [9.17, 15) is 13.2 Å². The number of fused-ring (bicyclic) bond motifs is 1. The predicted molar refractivity (Wildman–Crippen MR) is 119 cm³/mol. The summed E-state index contributed by atoms with van der Waals surface area (Å²) in [7, 11) is 3.23. The average Bonchev–Trinajstić information content (AvgIpc) is 3.44. The monoisotopic (exact) mass is 462 g/mol. The first kappa shape index (κ1) is 23.4. The lowest BCUT2D eigenvalue weighted by molar-refractivity contribution is -0.142. The lowest BCUT2D eigenvalue weighted by Crippen LogP contribution is -2.32. The molecule has 33 heavy (non-hydrogen) atoms. The minimum Gasteiger partial charge on any atom is -0.493 e. The van der Waals surface area contributed by atoms with Gasteiger partial charge in [-0.25, -0.2) is 9.50 Å². The summed E-state index contributed by atoms with van der Waals surface area (Å²) in [6, 6.07) is 8.99. The molecule has 0 bridgehead atoms. The summed E-state index contributed by atoms with van der Waals surface area (Å²) in [5.41, 5.74) is 1.71. The molecular weight excluding hydrogens is 433 g/mol. The summed E-state index contributed by atoms with van der Waals surface area (Å²) in [5, 5.41) is 4.33. The van der Waals surface area contributed by atoms with Crippen LogP contribution < -0.4 is 9.47 Å². The van der Waals surface area contributed by atoms with Crippen LogP contribution in [0.4, 0.5) is 13.2 Å². The third kappa shape index (κ3) is 4.78. The molecule has 4 rings (SSSR count). The van der Waals surface area contributed by atoms with Gasteiger partial charge in [0.15, 0.2) is 17.1 Å². The van der Waals surface area contributed by atoms with E-state index in [0.29, 0.717) is 29.3 Å². The topological polar surface area (TPSA) is 51.9 Å². The Labute approximate surface area is 191 Å². The quantitative estimate of drug-likeness (QED) is 0.507. The van der Waals surface area contributed by atoms with Crippen molar-refractivity contribution >= 4 is 5.65 Å². The second-order valence-electron chi connectivity index (χ2n) is 8.55. The molecule has 0 radical (unpaired) electrons. The Bertz CT molecular complexity index is 1130. The Morgan fingerprint density at radius 2 is 1.88 bits per heavy atom. The molecule has 1 saturated heterocycles. The molecule has 1 aliphatic rings. The van der Waals surface area contributed by atoms with Crippen LogP contribution in [0, 0.1) is 0 Å². The maximum Gasteiger partial charge on any atom is 0.433 e. The van der Waals surface area contributed by atoms with Crippen molar-refractivity contribution < 1.29 is 22.6 Å². The van der Waals surface area contributed by atoms with E-state index in [1.165, 1.54) is 0 Å². The van der Waals surface area contributed by atoms with Gasteiger partial charge in [0.1, 0.15) is 5.69 Å². The summed E-state index contributed by atoms with van der Waals surface area (Å²) in [4.78, 5) is 6.73. The smallest absolute Gasteiger partial charge is 0.433 e. The second-order valence-corrected chi connectivity index (χ2v) is 8.55. The summed E-state index contributed by atoms with van der Waals surface area (Å²) in [6.45, 7) is 5.58. The number of benzene rings is 1. The zero-order valence-electron chi connectivity index (χ0n) is 19.3. The van der Waals surface area contributed by atoms with E-state index >= 15 is 0 Å². The average molecular weight is 463 g/mol. The molecule has 6 nitrogen and oxygen atoms in total. The Kier molecular flexibility index (Phi) is 6.52. The fraction of sp³-hybridized carbons (Fsp3) is 0.500. The molecule has 0 unspecified atom stereocenters. The number of methoxy groups -OCH3 is 2. The third-order valence-electron chi connectivity index (χ3n) is 6.39. The first-order valence-corrected chi connectivity index (χ1v) is 11.1. The molecule has 1 aromatic carbocycles. The predicted octanol–water partition coefficient (Wildman–Crippen LogP) is 4.75. The van der Waals surface area contributed by atoms with Gasteiger partial charge in [-0.3, -0.25) is 4.90 Å². The highest BCUT2D eigenvalue weighted by atomic mass is 19.4. The summed E-state index contributed by atoms with van der Waals surface area (Å²) in [5.74, 6) is 1.47. The minimum absolute atomic E-state index is 0.0747. The SMILES string of the molecule is CCc1cc(C(F)(F)F)n2nc([C@H]3CCN([C@H](C)Cc4ccc(OC)c(OC)c4)C3)cc2n1. The van der Waals surface area contributed by atoms with Gasteiger partial charge in [-0.15, -0.1) is 0 Å². The van der Waals surface area contributed by atoms with E-state index in [-0.39, 0.29) is 17.6 Å². The van der Waals surface area contributed by atoms with Crippen molar-refractivity contribution in [1.29, 1.82) is 0 Å². The number of likely N-dealkylation sites (tertiary alicyclic amines) is 1. The largest absolute Gasteiger partial charge is 0.493 e. The molecule has 0 aliphatic carbocycles. The molecule has 0 spiro atoms. The van der Waals surface area contributed by atoms with E-state index in [0.717, 1.165) is 42.1 Å². The van der Waals surface area contributed by atoms with Crippen LogP contribution in [0.2, 0.25) is 0 Å². The van der Waals surface area contributed by atoms with E-state index in [2.05, 4.69) is 21.9 Å². The molecule has 9 heteroatoms. The van der Waals surface area contributed by atoms with Gasteiger partial charge in [-0.05, 0) is 56.5 Å². The lowest BCUT2D eigenvalue weighted by Gasteiger charge is -2.24. The highest BCUT2D eigenvalue weighted by molar-refractivity contribution is 5.44. The molecular formula is C24H29F3N4O2. The number of aryl methyl sites for hydroxylation is 1. The van der Waals surface area contributed by atoms with Gasteiger partial charge in [-0.2, -0.15) is 18.3 Å². The zero-order valence-corrected chi connectivity index (χ0v) is 19.3. The molecule has 1 aliphatic heterocycles. The van der Waals surface area contributed by atoms with Crippen LogP contribution >= 0.6 is 0 Å². The zero-order chi connectivity index (χ0) is 23.8. The lowest BCUT2D eigenvalue weighted by atomic mass is 10.0. The number of alkyl halides is 3. The van der Waals surface area contributed by atoms with Gasteiger partial charge in [0, 0.05) is 30.3 Å². The first-order chi connectivity index (χ1) is 15.7. The van der Waals surface area contributed by atoms with Gasteiger partial charge < -0.3 is 9.47 Å². The maximum absolute atomic E-state index is 13.6. The van der Waals surface area contributed by atoms with Crippen molar-refractivity contribution in [3.05, 3.63) is 53.0 Å². The Morgan fingerprint density at radius 3 is 2.55 bits per heavy atom. The molecule has 2 aromatic heterocycles. The molecule has 3 heterocycles. The molecule has 3 aromatic rings. The normalized spacial score (nSPS) is 18.1. The highest BCUT2D eigenvalue weighted by Gasteiger charge is 2.36. The number of hydrogen-bond acceptors (Lipinski definition) is 5. The second kappa shape index (κ2) is 9.21. The molecule has 178 valence electrons. The van der Waals surface area contributed by atoms with Crippen LogP contribution in [-0.2, 0) is 19.0 Å². The van der Waals surface area contributed by atoms with Crippen molar-refractivity contribution in [1.82, 2.24) is 19.5 Å². The standard InChI is InChI=1S/C24H29F3N4O2/c1-5-18-12-22(24(25,26)27)31-23(28-18)13-19(29-31)17-8-9-30(14-17)15(2)10-16-6-7-20(32-3)21(11-16)33-4/h6-7,11-13,15,17H,5,8-10,14H2,1-4H3/t15-,17+/m1/s1. The van der Waals surface area contributed by atoms with Crippen LogP contribution in [0.1, 0.15) is 48.8 Å². The summed E-state index contributed by atoms with van der Waals surface area (Å²) >= 11 is 0. The number of halogens is 3. The molecule has 0 N–H and O–H groups in total. The minimum atomic E-state index is -4.48. The van der Waals surface area contributed by atoms with Crippen LogP contribution in [-0.4, -0.2) is 52.8 Å². The molecule has 1 fully saturated rings. The highest BCUT2D eigenvalue weighted by Crippen LogP contribution is 2.34. The molecule has 0 saturated carbocycles. The number of aromatic nitrogens is 3.